The molecule has 112 heavy (non-hydrogen) atoms. The predicted molar refractivity (Wildman–Crippen MR) is 410 cm³/mol. The Kier molecular flexibility index (Phi) is 17.0. The third kappa shape index (κ3) is 12.6. The number of rotatable bonds is 9. The molecule has 558 valence electrons. The first-order valence-electron chi connectivity index (χ1n) is 36.6. The SMILES string of the molecule is O=C(Nc1ccc(Sc2ncc(-c3nc4ccc5[nH]ncc5c4c4c3CCCC4)cn2)cc1)C1CC1.O=C1Nc2ccc(F)cc2/C1=C/c1cc2c(ccc3nc(-c4cn[nH]c4C(F)(F)F)c4c(c32)CCCC4)[nH]1.Oc1[nH]c2ccc(F)cc2c1C=C1N=Nc2ccc3nc(-c4cn[nH]c4C(F)(F)F)c4c(c3c21)CCCC4. The molecule has 8 N–H and O–H groups in total. The number of aromatic nitrogens is 13. The van der Waals surface area contributed by atoms with Crippen LogP contribution in [-0.2, 0) is 60.5 Å². The second-order valence-electron chi connectivity index (χ2n) is 28.6. The first-order chi connectivity index (χ1) is 54.3. The Bertz CT molecular complexity index is 6530. The Hall–Kier alpha value is -12.8. The highest BCUT2D eigenvalue weighted by molar-refractivity contribution is 7.99. The molecule has 0 saturated heterocycles. The number of anilines is 2. The number of H-pyrrole nitrogens is 5. The summed E-state index contributed by atoms with van der Waals surface area (Å²) < 4.78 is 110. The fourth-order valence-corrected chi connectivity index (χ4v) is 17.0. The second-order valence-corrected chi connectivity index (χ2v) is 29.7. The molecule has 21 rings (SSSR count). The van der Waals surface area contributed by atoms with Gasteiger partial charge in [0.2, 0.25) is 5.91 Å². The summed E-state index contributed by atoms with van der Waals surface area (Å²) in [7, 11) is 0. The topological polar surface area (TPSA) is 285 Å². The van der Waals surface area contributed by atoms with Crippen molar-refractivity contribution in [3.8, 4) is 39.7 Å². The summed E-state index contributed by atoms with van der Waals surface area (Å²) >= 11 is 1.51. The summed E-state index contributed by atoms with van der Waals surface area (Å²) in [5, 5.41) is 49.9. The van der Waals surface area contributed by atoms with Crippen LogP contribution in [0.3, 0.4) is 0 Å². The number of amides is 2. The third-order valence-electron chi connectivity index (χ3n) is 21.6. The molecule has 6 aromatic carbocycles. The molecule has 15 aromatic rings. The summed E-state index contributed by atoms with van der Waals surface area (Å²) in [6, 6.07) is 29.3. The number of carbonyl (C=O) groups excluding carboxylic acids is 2. The lowest BCUT2D eigenvalue weighted by Crippen LogP contribution is -2.12. The molecule has 0 spiro atoms. The maximum atomic E-state index is 14.0. The van der Waals surface area contributed by atoms with Gasteiger partial charge in [0.25, 0.3) is 5.91 Å². The van der Waals surface area contributed by atoms with Gasteiger partial charge in [0.1, 0.15) is 23.0 Å². The van der Waals surface area contributed by atoms with Crippen LogP contribution in [0.2, 0.25) is 0 Å². The van der Waals surface area contributed by atoms with E-state index in [1.165, 1.54) is 83.8 Å². The van der Waals surface area contributed by atoms with Gasteiger partial charge in [0.05, 0.1) is 85.8 Å². The van der Waals surface area contributed by atoms with Crippen LogP contribution in [0.1, 0.15) is 119 Å². The lowest BCUT2D eigenvalue weighted by atomic mass is 9.84. The van der Waals surface area contributed by atoms with Crippen molar-refractivity contribution in [2.45, 2.75) is 112 Å². The van der Waals surface area contributed by atoms with Crippen LogP contribution in [0.15, 0.2) is 154 Å². The van der Waals surface area contributed by atoms with E-state index in [0.29, 0.717) is 97.1 Å². The summed E-state index contributed by atoms with van der Waals surface area (Å²) in [6.45, 7) is 0. The zero-order valence-electron chi connectivity index (χ0n) is 59.0. The van der Waals surface area contributed by atoms with Crippen molar-refractivity contribution < 1.29 is 49.8 Å². The molecule has 0 atom stereocenters. The molecule has 29 heteroatoms. The number of aryl methyl sites for hydroxylation is 3. The molecule has 6 aliphatic rings. The number of halogens is 8. The van der Waals surface area contributed by atoms with Gasteiger partial charge in [0, 0.05) is 106 Å². The molecular weight excluding hydrogens is 1470 g/mol. The van der Waals surface area contributed by atoms with Crippen LogP contribution in [-0.4, -0.2) is 82.4 Å². The van der Waals surface area contributed by atoms with Crippen molar-refractivity contribution in [1.29, 1.82) is 0 Å². The Morgan fingerprint density at radius 2 is 1.09 bits per heavy atom. The van der Waals surface area contributed by atoms with Crippen molar-refractivity contribution in [3.63, 3.8) is 0 Å². The van der Waals surface area contributed by atoms with Crippen LogP contribution in [0.4, 0.5) is 52.2 Å². The molecule has 0 bridgehead atoms. The van der Waals surface area contributed by atoms with Crippen molar-refractivity contribution >= 4 is 129 Å². The number of nitrogens with one attached hydrogen (secondary N) is 7. The van der Waals surface area contributed by atoms with Crippen LogP contribution in [0.5, 0.6) is 5.88 Å². The summed E-state index contributed by atoms with van der Waals surface area (Å²) in [6.07, 6.45) is 14.7. The summed E-state index contributed by atoms with van der Waals surface area (Å²) in [5.74, 6) is -1.03. The molecule has 9 aromatic heterocycles. The third-order valence-corrected chi connectivity index (χ3v) is 22.5. The Morgan fingerprint density at radius 1 is 0.536 bits per heavy atom. The minimum atomic E-state index is -4.60. The molecule has 1 fully saturated rings. The molecule has 0 radical (unpaired) electrons. The van der Waals surface area contributed by atoms with E-state index >= 15 is 0 Å². The molecule has 2 amide bonds. The zero-order chi connectivity index (χ0) is 76.4. The quantitative estimate of drug-likeness (QED) is 0.0380. The van der Waals surface area contributed by atoms with E-state index < -0.39 is 35.4 Å². The Labute approximate surface area is 633 Å². The van der Waals surface area contributed by atoms with Gasteiger partial charge in [0.15, 0.2) is 11.0 Å². The number of carbonyl (C=O) groups is 2. The van der Waals surface area contributed by atoms with Gasteiger partial charge in [-0.2, -0.15) is 41.6 Å². The van der Waals surface area contributed by atoms with E-state index in [0.717, 1.165) is 140 Å². The molecule has 0 unspecified atom stereocenters. The van der Waals surface area contributed by atoms with Crippen molar-refractivity contribution in [1.82, 2.24) is 65.5 Å². The average molecular weight is 1530 g/mol. The molecular formula is C83H61F8N17O3S. The number of nitrogens with zero attached hydrogens (tertiary/aromatic N) is 10. The predicted octanol–water partition coefficient (Wildman–Crippen LogP) is 20.0. The number of azo groups is 1. The molecule has 2 aliphatic heterocycles. The van der Waals surface area contributed by atoms with Gasteiger partial charge in [-0.3, -0.25) is 24.9 Å². The van der Waals surface area contributed by atoms with E-state index in [2.05, 4.69) is 83.5 Å². The standard InChI is InChI=1S/C28H19F4N5O.C28H24N6OS.C27H18F4N6O/c29-13-5-6-21-17(9-13)18(27(38)36-21)10-14-11-19-22(34-14)7-8-23-24(19)15-3-1-2-4-16(15)25(35-23)20-12-33-37-26(20)28(30,31)32;35-27(16-5-6-16)32-18-7-9-19(10-8-18)36-28-29-13-17(14-30-28)26-21-4-2-1-3-20(21)25-22-15-31-34-23(22)11-12-24(25)33-26;28-12-5-6-18-15(9-12)16(26(38)34-18)10-21-23-20(35-36-21)8-7-19-22(23)13-3-1-2-4-14(13)24(33-19)17-11-32-37-25(17)27(29,30)31/h5-12,34H,1-4H2,(H,33,37)(H,36,38);7-16H,1-6H2,(H,31,34)(H,32,35);5-11,34,38H,1-4H2,(H,32,37)/b18-10-;;. The second kappa shape index (κ2) is 27.3. The number of fused-ring (bicyclic) bond motifs is 17. The zero-order valence-corrected chi connectivity index (χ0v) is 59.8. The highest BCUT2D eigenvalue weighted by Crippen LogP contribution is 2.50. The van der Waals surface area contributed by atoms with Gasteiger partial charge in [-0.1, -0.05) is 0 Å². The monoisotopic (exact) mass is 1530 g/mol. The Morgan fingerprint density at radius 3 is 1.74 bits per heavy atom. The van der Waals surface area contributed by atoms with E-state index in [1.54, 1.807) is 36.4 Å². The lowest BCUT2D eigenvalue weighted by molar-refractivity contribution is -0.141. The minimum absolute atomic E-state index is 0.0460. The molecule has 20 nitrogen and oxygen atoms in total. The van der Waals surface area contributed by atoms with E-state index in [9.17, 15) is 49.8 Å². The number of benzene rings is 6. The normalized spacial score (nSPS) is 15.9. The first-order valence-corrected chi connectivity index (χ1v) is 37.4. The lowest BCUT2D eigenvalue weighted by Gasteiger charge is -2.22. The maximum absolute atomic E-state index is 14.0. The molecule has 1 saturated carbocycles. The fraction of sp³-hybridized carbons (Fsp3) is 0.205. The van der Waals surface area contributed by atoms with Crippen LogP contribution < -0.4 is 10.6 Å². The molecule has 11 heterocycles. The first kappa shape index (κ1) is 69.7. The van der Waals surface area contributed by atoms with Gasteiger partial charge < -0.3 is 25.7 Å². The highest BCUT2D eigenvalue weighted by Gasteiger charge is 2.40. The fourth-order valence-electron chi connectivity index (χ4n) is 16.3. The number of aromatic hydroxyl groups is 1. The number of aromatic amines is 5. The summed E-state index contributed by atoms with van der Waals surface area (Å²) in [5.41, 5.74) is 16.2. The smallest absolute Gasteiger partial charge is 0.433 e. The maximum Gasteiger partial charge on any atom is 0.433 e. The largest absolute Gasteiger partial charge is 0.494 e. The number of hydrogen-bond acceptors (Lipinski definition) is 14. The van der Waals surface area contributed by atoms with Crippen LogP contribution in [0, 0.1) is 17.6 Å². The summed E-state index contributed by atoms with van der Waals surface area (Å²) in [4.78, 5) is 55.6. The van der Waals surface area contributed by atoms with Crippen LogP contribution >= 0.6 is 11.8 Å². The van der Waals surface area contributed by atoms with E-state index in [1.807, 2.05) is 55.0 Å². The number of hydrogen-bond donors (Lipinski definition) is 8. The van der Waals surface area contributed by atoms with Gasteiger partial charge in [-0.15, -0.1) is 10.2 Å². The van der Waals surface area contributed by atoms with Crippen molar-refractivity contribution in [2.75, 3.05) is 10.6 Å². The van der Waals surface area contributed by atoms with Crippen LogP contribution in [0.25, 0.3) is 123 Å². The Balaban J connectivity index is 0.000000113. The van der Waals surface area contributed by atoms with E-state index in [4.69, 9.17) is 15.0 Å². The average Bonchev–Trinajstić information content (AvgIpc) is 1.41. The minimum Gasteiger partial charge on any atom is -0.494 e. The van der Waals surface area contributed by atoms with E-state index in [-0.39, 0.29) is 40.4 Å². The highest BCUT2D eigenvalue weighted by atomic mass is 32.2. The van der Waals surface area contributed by atoms with Gasteiger partial charge in [-0.25, -0.2) is 33.7 Å². The molecule has 4 aliphatic carbocycles. The van der Waals surface area contributed by atoms with Gasteiger partial charge >= 0.3 is 12.4 Å². The van der Waals surface area contributed by atoms with Crippen molar-refractivity contribution in [3.05, 3.63) is 213 Å². The number of pyridine rings is 3. The van der Waals surface area contributed by atoms with Crippen molar-refractivity contribution in [2.24, 2.45) is 16.1 Å². The van der Waals surface area contributed by atoms with Gasteiger partial charge in [-0.05, 0) is 250 Å². The number of alkyl halides is 6.